The normalized spacial score (nSPS) is 23.8. The number of amides is 1. The zero-order valence-corrected chi connectivity index (χ0v) is 21.8. The second-order valence-corrected chi connectivity index (χ2v) is 10.2. The standard InChI is InChI=1S/C30H36N2O5/c1-35-25-17-21(18-26(36-2)29(25)37-3)28-23-12-6-7-14-30(23,34)15-16-32(28)19-27(33)31-24-13-8-10-20-9-4-5-11-22(20)24/h4-5,8-11,13,17-18,23,28,34H,6-7,12,14-16,19H2,1-3H3,(H,31,33)/t23-,28-,30-/m1/s1. The van der Waals surface area contributed by atoms with Gasteiger partial charge in [-0.15, -0.1) is 0 Å². The smallest absolute Gasteiger partial charge is 0.238 e. The third-order valence-corrected chi connectivity index (χ3v) is 8.11. The van der Waals surface area contributed by atoms with Crippen LogP contribution in [-0.4, -0.2) is 55.9 Å². The highest BCUT2D eigenvalue weighted by Crippen LogP contribution is 2.51. The molecule has 0 radical (unpaired) electrons. The molecule has 3 aromatic rings. The van der Waals surface area contributed by atoms with Gasteiger partial charge in [0.15, 0.2) is 11.5 Å². The number of nitrogens with zero attached hydrogens (tertiary/aromatic N) is 1. The van der Waals surface area contributed by atoms with Gasteiger partial charge in [0.2, 0.25) is 11.7 Å². The van der Waals surface area contributed by atoms with Crippen molar-refractivity contribution < 1.29 is 24.1 Å². The second kappa shape index (κ2) is 10.6. The lowest BCUT2D eigenvalue weighted by Crippen LogP contribution is -2.56. The van der Waals surface area contributed by atoms with Crippen LogP contribution in [0, 0.1) is 5.92 Å². The molecule has 7 nitrogen and oxygen atoms in total. The number of carbonyl (C=O) groups excluding carboxylic acids is 1. The molecule has 3 aromatic carbocycles. The van der Waals surface area contributed by atoms with Gasteiger partial charge >= 0.3 is 0 Å². The predicted molar refractivity (Wildman–Crippen MR) is 145 cm³/mol. The number of methoxy groups -OCH3 is 3. The number of likely N-dealkylation sites (tertiary alicyclic amines) is 1. The maximum absolute atomic E-state index is 13.4. The number of nitrogens with one attached hydrogen (secondary N) is 1. The lowest BCUT2D eigenvalue weighted by Gasteiger charge is -2.52. The van der Waals surface area contributed by atoms with E-state index in [-0.39, 0.29) is 24.4 Å². The number of aliphatic hydroxyl groups is 1. The van der Waals surface area contributed by atoms with Crippen molar-refractivity contribution in [2.45, 2.75) is 43.7 Å². The summed E-state index contributed by atoms with van der Waals surface area (Å²) >= 11 is 0. The Hall–Kier alpha value is -3.29. The fourth-order valence-corrected chi connectivity index (χ4v) is 6.34. The van der Waals surface area contributed by atoms with Gasteiger partial charge in [0, 0.05) is 29.6 Å². The van der Waals surface area contributed by atoms with E-state index in [1.54, 1.807) is 21.3 Å². The van der Waals surface area contributed by atoms with Crippen LogP contribution in [0.5, 0.6) is 17.2 Å². The summed E-state index contributed by atoms with van der Waals surface area (Å²) in [4.78, 5) is 15.6. The van der Waals surface area contributed by atoms with E-state index in [4.69, 9.17) is 14.2 Å². The summed E-state index contributed by atoms with van der Waals surface area (Å²) < 4.78 is 16.8. The number of fused-ring (bicyclic) bond motifs is 2. The first-order valence-corrected chi connectivity index (χ1v) is 13.0. The SMILES string of the molecule is COc1cc([C@@H]2[C@H]3CCCC[C@@]3(O)CCN2CC(=O)Nc2cccc3ccccc23)cc(OC)c1OC. The Labute approximate surface area is 218 Å². The molecule has 2 aliphatic rings. The average Bonchev–Trinajstić information content (AvgIpc) is 2.92. The molecule has 0 bridgehead atoms. The van der Waals surface area contributed by atoms with Gasteiger partial charge in [-0.1, -0.05) is 49.2 Å². The van der Waals surface area contributed by atoms with E-state index in [1.165, 1.54) is 0 Å². The van der Waals surface area contributed by atoms with E-state index in [9.17, 15) is 9.90 Å². The highest BCUT2D eigenvalue weighted by molar-refractivity contribution is 6.02. The fraction of sp³-hybridized carbons (Fsp3) is 0.433. The molecule has 5 rings (SSSR count). The Morgan fingerprint density at radius 3 is 2.46 bits per heavy atom. The van der Waals surface area contributed by atoms with Gasteiger partial charge in [0.25, 0.3) is 0 Å². The largest absolute Gasteiger partial charge is 0.493 e. The summed E-state index contributed by atoms with van der Waals surface area (Å²) in [5.41, 5.74) is 1.02. The number of rotatable bonds is 7. The molecule has 37 heavy (non-hydrogen) atoms. The van der Waals surface area contributed by atoms with Gasteiger partial charge < -0.3 is 24.6 Å². The van der Waals surface area contributed by atoms with Crippen LogP contribution in [0.25, 0.3) is 10.8 Å². The van der Waals surface area contributed by atoms with E-state index in [1.807, 2.05) is 54.6 Å². The molecular formula is C30H36N2O5. The Balaban J connectivity index is 1.48. The van der Waals surface area contributed by atoms with Gasteiger partial charge in [-0.2, -0.15) is 0 Å². The molecule has 7 heteroatoms. The van der Waals surface area contributed by atoms with Crippen LogP contribution in [0.15, 0.2) is 54.6 Å². The highest BCUT2D eigenvalue weighted by Gasteiger charge is 2.49. The number of carbonyl (C=O) groups is 1. The third kappa shape index (κ3) is 4.86. The molecule has 1 heterocycles. The van der Waals surface area contributed by atoms with Crippen molar-refractivity contribution in [3.05, 3.63) is 60.2 Å². The van der Waals surface area contributed by atoms with Crippen molar-refractivity contribution in [1.29, 1.82) is 0 Å². The van der Waals surface area contributed by atoms with Gasteiger partial charge in [-0.3, -0.25) is 9.69 Å². The van der Waals surface area contributed by atoms with E-state index in [0.29, 0.717) is 30.2 Å². The molecule has 2 N–H and O–H groups in total. The number of benzene rings is 3. The van der Waals surface area contributed by atoms with Crippen LogP contribution in [0.3, 0.4) is 0 Å². The molecule has 2 fully saturated rings. The number of anilines is 1. The molecule has 0 spiro atoms. The molecule has 3 atom stereocenters. The van der Waals surface area contributed by atoms with Crippen LogP contribution < -0.4 is 19.5 Å². The first-order valence-electron chi connectivity index (χ1n) is 13.0. The molecule has 1 aliphatic heterocycles. The van der Waals surface area contributed by atoms with Crippen LogP contribution in [0.4, 0.5) is 5.69 Å². The quantitative estimate of drug-likeness (QED) is 0.462. The van der Waals surface area contributed by atoms with Gasteiger partial charge in [0.1, 0.15) is 0 Å². The maximum Gasteiger partial charge on any atom is 0.238 e. The van der Waals surface area contributed by atoms with Crippen molar-refractivity contribution in [3.63, 3.8) is 0 Å². The van der Waals surface area contributed by atoms with Gasteiger partial charge in [0.05, 0.1) is 33.5 Å². The summed E-state index contributed by atoms with van der Waals surface area (Å²) in [6.45, 7) is 0.842. The van der Waals surface area contributed by atoms with Crippen LogP contribution in [-0.2, 0) is 4.79 Å². The molecule has 1 saturated carbocycles. The van der Waals surface area contributed by atoms with Crippen molar-refractivity contribution in [2.75, 3.05) is 39.7 Å². The number of hydrogen-bond donors (Lipinski definition) is 2. The van der Waals surface area contributed by atoms with Crippen molar-refractivity contribution >= 4 is 22.4 Å². The van der Waals surface area contributed by atoms with Gasteiger partial charge in [-0.05, 0) is 48.4 Å². The summed E-state index contributed by atoms with van der Waals surface area (Å²) in [5.74, 6) is 1.60. The molecule has 196 valence electrons. The minimum atomic E-state index is -0.744. The van der Waals surface area contributed by atoms with Gasteiger partial charge in [-0.25, -0.2) is 0 Å². The van der Waals surface area contributed by atoms with Crippen molar-refractivity contribution in [1.82, 2.24) is 4.90 Å². The van der Waals surface area contributed by atoms with Crippen LogP contribution >= 0.6 is 0 Å². The Morgan fingerprint density at radius 2 is 1.73 bits per heavy atom. The lowest BCUT2D eigenvalue weighted by atomic mass is 9.66. The Kier molecular flexibility index (Phi) is 7.26. The minimum Gasteiger partial charge on any atom is -0.493 e. The molecule has 1 aliphatic carbocycles. The van der Waals surface area contributed by atoms with E-state index in [0.717, 1.165) is 47.7 Å². The molecule has 0 aromatic heterocycles. The fourth-order valence-electron chi connectivity index (χ4n) is 6.34. The minimum absolute atomic E-state index is 0.00293. The number of ether oxygens (including phenoxy) is 3. The van der Waals surface area contributed by atoms with E-state index in [2.05, 4.69) is 10.2 Å². The van der Waals surface area contributed by atoms with E-state index < -0.39 is 5.60 Å². The Morgan fingerprint density at radius 1 is 1.00 bits per heavy atom. The summed E-state index contributed by atoms with van der Waals surface area (Å²) in [7, 11) is 4.80. The summed E-state index contributed by atoms with van der Waals surface area (Å²) in [5, 5.41) is 16.9. The number of piperidine rings is 1. The molecule has 0 unspecified atom stereocenters. The summed E-state index contributed by atoms with van der Waals surface area (Å²) in [6.07, 6.45) is 4.43. The second-order valence-electron chi connectivity index (χ2n) is 10.2. The van der Waals surface area contributed by atoms with E-state index >= 15 is 0 Å². The highest BCUT2D eigenvalue weighted by atomic mass is 16.5. The zero-order valence-electron chi connectivity index (χ0n) is 21.8. The number of hydrogen-bond acceptors (Lipinski definition) is 6. The maximum atomic E-state index is 13.4. The first kappa shape index (κ1) is 25.4. The Bertz CT molecular complexity index is 1250. The van der Waals surface area contributed by atoms with Crippen LogP contribution in [0.1, 0.15) is 43.7 Å². The zero-order chi connectivity index (χ0) is 26.0. The monoisotopic (exact) mass is 504 g/mol. The first-order chi connectivity index (χ1) is 18.0. The lowest BCUT2D eigenvalue weighted by molar-refractivity contribution is -0.135. The van der Waals surface area contributed by atoms with Crippen LogP contribution in [0.2, 0.25) is 0 Å². The van der Waals surface area contributed by atoms with Crippen molar-refractivity contribution in [2.24, 2.45) is 5.92 Å². The summed E-state index contributed by atoms with van der Waals surface area (Å²) in [6, 6.07) is 17.7. The average molecular weight is 505 g/mol. The predicted octanol–water partition coefficient (Wildman–Crippen LogP) is 5.17. The topological polar surface area (TPSA) is 80.3 Å². The molecule has 1 amide bonds. The molecular weight excluding hydrogens is 468 g/mol. The third-order valence-electron chi connectivity index (χ3n) is 8.11. The molecule has 1 saturated heterocycles. The van der Waals surface area contributed by atoms with Crippen molar-refractivity contribution in [3.8, 4) is 17.2 Å².